The Kier molecular flexibility index (Phi) is 7.66. The first-order chi connectivity index (χ1) is 14.8. The molecule has 0 aliphatic carbocycles. The van der Waals surface area contributed by atoms with E-state index in [2.05, 4.69) is 10.2 Å². The third kappa shape index (κ3) is 5.16. The average molecular weight is 575 g/mol. The van der Waals surface area contributed by atoms with Crippen molar-refractivity contribution in [3.63, 3.8) is 0 Å². The maximum absolute atomic E-state index is 13.6. The van der Waals surface area contributed by atoms with E-state index in [1.807, 2.05) is 13.8 Å². The first-order valence-corrected chi connectivity index (χ1v) is 14.1. The van der Waals surface area contributed by atoms with Gasteiger partial charge in [-0.3, -0.25) is 0 Å². The molecule has 0 amide bonds. The summed E-state index contributed by atoms with van der Waals surface area (Å²) in [5.41, 5.74) is 0. The van der Waals surface area contributed by atoms with Crippen LogP contribution in [0.5, 0.6) is 0 Å². The highest BCUT2D eigenvalue weighted by molar-refractivity contribution is 8.10. The second-order valence-corrected chi connectivity index (χ2v) is 13.4. The molecule has 0 aliphatic heterocycles. The molecule has 0 aliphatic rings. The van der Waals surface area contributed by atoms with Crippen LogP contribution in [-0.2, 0) is 26.5 Å². The molecule has 1 aromatic heterocycles. The van der Waals surface area contributed by atoms with Crippen LogP contribution in [0.3, 0.4) is 0 Å². The van der Waals surface area contributed by atoms with Crippen LogP contribution in [0.4, 0.5) is 5.13 Å². The molecule has 0 fully saturated rings. The fourth-order valence-corrected chi connectivity index (χ4v) is 9.12. The van der Waals surface area contributed by atoms with Gasteiger partial charge in [-0.25, -0.2) is 0 Å². The van der Waals surface area contributed by atoms with Crippen LogP contribution in [0.2, 0.25) is 20.1 Å². The monoisotopic (exact) mass is 573 g/mol. The summed E-state index contributed by atoms with van der Waals surface area (Å²) in [6.45, 7) is 3.87. The van der Waals surface area contributed by atoms with Gasteiger partial charge < -0.3 is 0 Å². The molecule has 0 saturated heterocycles. The van der Waals surface area contributed by atoms with Crippen molar-refractivity contribution >= 4 is 82.9 Å². The molecule has 0 saturated carbocycles. The Morgan fingerprint density at radius 3 is 1.75 bits per heavy atom. The number of hydrogen-bond donors (Lipinski definition) is 0. The molecule has 0 atom stereocenters. The van der Waals surface area contributed by atoms with Gasteiger partial charge in [-0.1, -0.05) is 71.6 Å². The van der Waals surface area contributed by atoms with Crippen LogP contribution in [0.1, 0.15) is 18.9 Å². The molecule has 32 heavy (non-hydrogen) atoms. The molecule has 1 heterocycles. The zero-order chi connectivity index (χ0) is 23.8. The smallest absolute Gasteiger partial charge is 0.200 e. The molecule has 172 valence electrons. The Balaban J connectivity index is 2.30. The van der Waals surface area contributed by atoms with Gasteiger partial charge in [0, 0.05) is 16.5 Å². The molecular weight excluding hydrogens is 560 g/mol. The van der Waals surface area contributed by atoms with Gasteiger partial charge in [0.25, 0.3) is 20.0 Å². The molecule has 0 radical (unpaired) electrons. The molecular formula is C18H15Cl4N3O4S3. The third-order valence-electron chi connectivity index (χ3n) is 3.97. The van der Waals surface area contributed by atoms with Gasteiger partial charge in [0.1, 0.15) is 14.8 Å². The quantitative estimate of drug-likeness (QED) is 0.346. The van der Waals surface area contributed by atoms with Crippen molar-refractivity contribution in [2.45, 2.75) is 30.1 Å². The van der Waals surface area contributed by atoms with Crippen molar-refractivity contribution in [3.05, 3.63) is 61.5 Å². The Bertz CT molecular complexity index is 1290. The van der Waals surface area contributed by atoms with Gasteiger partial charge >= 0.3 is 0 Å². The number of sulfonamides is 2. The molecule has 0 N–H and O–H groups in total. The molecule has 0 unspecified atom stereocenters. The molecule has 0 bridgehead atoms. The zero-order valence-electron chi connectivity index (χ0n) is 16.5. The first kappa shape index (κ1) is 25.5. The molecule has 0 spiro atoms. The summed E-state index contributed by atoms with van der Waals surface area (Å²) in [5, 5.41) is 7.50. The van der Waals surface area contributed by atoms with E-state index >= 15 is 0 Å². The van der Waals surface area contributed by atoms with Gasteiger partial charge in [-0.15, -0.1) is 13.9 Å². The Morgan fingerprint density at radius 1 is 0.844 bits per heavy atom. The second kappa shape index (κ2) is 9.61. The van der Waals surface area contributed by atoms with Crippen molar-refractivity contribution in [1.29, 1.82) is 0 Å². The lowest BCUT2D eigenvalue weighted by molar-refractivity contribution is 0.584. The van der Waals surface area contributed by atoms with E-state index in [1.54, 1.807) is 0 Å². The Labute approximate surface area is 210 Å². The summed E-state index contributed by atoms with van der Waals surface area (Å²) in [5.74, 6) is 0.183. The lowest BCUT2D eigenvalue weighted by Crippen LogP contribution is -2.37. The second-order valence-electron chi connectivity index (χ2n) is 6.93. The summed E-state index contributed by atoms with van der Waals surface area (Å²) in [7, 11) is -9.65. The minimum Gasteiger partial charge on any atom is -0.200 e. The number of halogens is 4. The molecule has 3 aromatic rings. The average Bonchev–Trinajstić information content (AvgIpc) is 3.11. The SMILES string of the molecule is CC(C)Cc1nnc(N(S(=O)(=O)c2cc(Cl)ccc2Cl)S(=O)(=O)c2cc(Cl)ccc2Cl)s1. The first-order valence-electron chi connectivity index (χ1n) is 8.87. The maximum atomic E-state index is 13.6. The van der Waals surface area contributed by atoms with E-state index in [4.69, 9.17) is 46.4 Å². The number of nitrogens with zero attached hydrogens (tertiary/aromatic N) is 3. The van der Waals surface area contributed by atoms with Crippen LogP contribution in [0.15, 0.2) is 46.2 Å². The van der Waals surface area contributed by atoms with E-state index in [1.165, 1.54) is 24.3 Å². The van der Waals surface area contributed by atoms with Crippen LogP contribution in [0.25, 0.3) is 0 Å². The normalized spacial score (nSPS) is 12.3. The van der Waals surface area contributed by atoms with Gasteiger partial charge in [0.2, 0.25) is 5.13 Å². The molecule has 2 aromatic carbocycles. The van der Waals surface area contributed by atoms with E-state index in [0.29, 0.717) is 11.4 Å². The van der Waals surface area contributed by atoms with Crippen molar-refractivity contribution < 1.29 is 16.8 Å². The topological polar surface area (TPSA) is 97.3 Å². The van der Waals surface area contributed by atoms with Gasteiger partial charge in [-0.2, -0.15) is 16.8 Å². The number of aromatic nitrogens is 2. The summed E-state index contributed by atoms with van der Waals surface area (Å²) < 4.78 is 54.6. The molecule has 7 nitrogen and oxygen atoms in total. The van der Waals surface area contributed by atoms with Gasteiger partial charge in [-0.05, 0) is 42.3 Å². The Hall–Kier alpha value is -1.14. The van der Waals surface area contributed by atoms with Crippen molar-refractivity contribution in [3.8, 4) is 0 Å². The molecule has 3 rings (SSSR count). The Morgan fingerprint density at radius 2 is 1.31 bits per heavy atom. The van der Waals surface area contributed by atoms with Crippen LogP contribution in [-0.4, -0.2) is 27.0 Å². The third-order valence-corrected chi connectivity index (χ3v) is 10.7. The predicted molar refractivity (Wildman–Crippen MR) is 128 cm³/mol. The lowest BCUT2D eigenvalue weighted by atomic mass is 10.1. The number of anilines is 1. The fourth-order valence-electron chi connectivity index (χ4n) is 2.61. The van der Waals surface area contributed by atoms with E-state index in [9.17, 15) is 16.8 Å². The van der Waals surface area contributed by atoms with Crippen LogP contribution >= 0.6 is 57.7 Å². The maximum Gasteiger partial charge on any atom is 0.281 e. The van der Waals surface area contributed by atoms with Crippen LogP contribution < -0.4 is 3.71 Å². The van der Waals surface area contributed by atoms with Crippen molar-refractivity contribution in [2.75, 3.05) is 3.71 Å². The summed E-state index contributed by atoms with van der Waals surface area (Å²) >= 11 is 24.9. The highest BCUT2D eigenvalue weighted by atomic mass is 35.5. The predicted octanol–water partition coefficient (Wildman–Crippen LogP) is 5.93. The highest BCUT2D eigenvalue weighted by Crippen LogP contribution is 2.38. The van der Waals surface area contributed by atoms with Crippen molar-refractivity contribution in [2.24, 2.45) is 5.92 Å². The van der Waals surface area contributed by atoms with E-state index in [0.717, 1.165) is 23.5 Å². The minimum atomic E-state index is -4.82. The largest absolute Gasteiger partial charge is 0.281 e. The standard InChI is InChI=1S/C18H15Cl4N3O4S3/c1-10(2)7-17-23-24-18(30-17)25(31(26,27)15-8-11(19)3-5-13(15)21)32(28,29)16-9-12(20)4-6-14(16)22/h3-6,8-10H,7H2,1-2H3. The van der Waals surface area contributed by atoms with Gasteiger partial charge in [0.05, 0.1) is 10.0 Å². The highest BCUT2D eigenvalue weighted by Gasteiger charge is 2.41. The minimum absolute atomic E-state index is 0.0453. The summed E-state index contributed by atoms with van der Waals surface area (Å²) in [6, 6.07) is 7.35. The lowest BCUT2D eigenvalue weighted by Gasteiger charge is -2.22. The van der Waals surface area contributed by atoms with Gasteiger partial charge in [0.15, 0.2) is 0 Å². The number of rotatable bonds is 7. The van der Waals surface area contributed by atoms with E-state index < -0.39 is 35.0 Å². The summed E-state index contributed by atoms with van der Waals surface area (Å²) in [6.07, 6.45) is 0.474. The van der Waals surface area contributed by atoms with Crippen molar-refractivity contribution in [1.82, 2.24) is 10.2 Å². The molecule has 14 heteroatoms. The fraction of sp³-hybridized carbons (Fsp3) is 0.222. The summed E-state index contributed by atoms with van der Waals surface area (Å²) in [4.78, 5) is -1.04. The van der Waals surface area contributed by atoms with Crippen LogP contribution in [0, 0.1) is 5.92 Å². The number of hydrogen-bond acceptors (Lipinski definition) is 7. The zero-order valence-corrected chi connectivity index (χ0v) is 21.9. The van der Waals surface area contributed by atoms with E-state index in [-0.39, 0.29) is 29.7 Å². The number of benzene rings is 2.